The lowest BCUT2D eigenvalue weighted by Gasteiger charge is -2.06. The Kier molecular flexibility index (Phi) is 5.03. The first-order valence-electron chi connectivity index (χ1n) is 6.91. The topological polar surface area (TPSA) is 71.3 Å². The maximum Gasteiger partial charge on any atom is 0.265 e. The van der Waals surface area contributed by atoms with E-state index < -0.39 is 10.0 Å². The van der Waals surface area contributed by atoms with Crippen LogP contribution in [0.25, 0.3) is 0 Å². The average Bonchev–Trinajstić information content (AvgIpc) is 2.82. The van der Waals surface area contributed by atoms with Gasteiger partial charge in [0.15, 0.2) is 0 Å². The highest BCUT2D eigenvalue weighted by Crippen LogP contribution is 2.22. The maximum atomic E-state index is 12.4. The van der Waals surface area contributed by atoms with Crippen LogP contribution in [0.2, 0.25) is 0 Å². The number of anilines is 1. The Bertz CT molecular complexity index is 678. The minimum absolute atomic E-state index is 0.180. The van der Waals surface area contributed by atoms with Gasteiger partial charge >= 0.3 is 0 Å². The molecule has 0 unspecified atom stereocenters. The molecule has 1 heterocycles. The summed E-state index contributed by atoms with van der Waals surface area (Å²) in [6, 6.07) is 10.4. The van der Waals surface area contributed by atoms with Gasteiger partial charge in [0.2, 0.25) is 0 Å². The molecule has 1 aromatic heterocycles. The van der Waals surface area contributed by atoms with Crippen LogP contribution in [0.15, 0.2) is 45.7 Å². The predicted octanol–water partition coefficient (Wildman–Crippen LogP) is 2.89. The molecule has 2 rings (SSSR count). The van der Waals surface area contributed by atoms with Crippen molar-refractivity contribution in [3.8, 4) is 0 Å². The molecular weight excluding hydrogens is 288 g/mol. The van der Waals surface area contributed by atoms with Crippen LogP contribution < -0.4 is 10.0 Å². The average molecular weight is 308 g/mol. The SMILES string of the molecule is CCCNCc1cc(S(=O)(=O)Nc2ccccc2)c(C)o1. The van der Waals surface area contributed by atoms with Crippen molar-refractivity contribution in [2.45, 2.75) is 31.7 Å². The first-order chi connectivity index (χ1) is 10.0. The standard InChI is InChI=1S/C15H20N2O3S/c1-3-9-16-11-14-10-15(12(2)20-14)21(18,19)17-13-7-5-4-6-8-13/h4-8,10,16-17H,3,9,11H2,1-2H3. The Morgan fingerprint density at radius 2 is 1.90 bits per heavy atom. The molecule has 1 aromatic carbocycles. The van der Waals surface area contributed by atoms with Gasteiger partial charge in [0, 0.05) is 11.8 Å². The predicted molar refractivity (Wildman–Crippen MR) is 82.7 cm³/mol. The number of aryl methyl sites for hydroxylation is 1. The van der Waals surface area contributed by atoms with Gasteiger partial charge in [-0.1, -0.05) is 25.1 Å². The molecule has 0 radical (unpaired) electrons. The van der Waals surface area contributed by atoms with E-state index in [1.54, 1.807) is 37.3 Å². The van der Waals surface area contributed by atoms with Crippen LogP contribution in [0.3, 0.4) is 0 Å². The number of rotatable bonds is 7. The molecule has 5 nitrogen and oxygen atoms in total. The lowest BCUT2D eigenvalue weighted by Crippen LogP contribution is -2.14. The summed E-state index contributed by atoms with van der Waals surface area (Å²) in [4.78, 5) is 0.180. The molecule has 2 aromatic rings. The summed E-state index contributed by atoms with van der Waals surface area (Å²) in [7, 11) is -3.63. The number of hydrogen-bond acceptors (Lipinski definition) is 4. The van der Waals surface area contributed by atoms with E-state index >= 15 is 0 Å². The number of para-hydroxylation sites is 1. The van der Waals surface area contributed by atoms with Crippen LogP contribution in [-0.2, 0) is 16.6 Å². The number of hydrogen-bond donors (Lipinski definition) is 2. The fourth-order valence-corrected chi connectivity index (χ4v) is 3.25. The van der Waals surface area contributed by atoms with Crippen molar-refractivity contribution in [2.75, 3.05) is 11.3 Å². The summed E-state index contributed by atoms with van der Waals surface area (Å²) in [6.07, 6.45) is 1.01. The molecule has 0 bridgehead atoms. The Morgan fingerprint density at radius 1 is 1.19 bits per heavy atom. The Hall–Kier alpha value is -1.79. The van der Waals surface area contributed by atoms with Gasteiger partial charge < -0.3 is 9.73 Å². The highest BCUT2D eigenvalue weighted by molar-refractivity contribution is 7.92. The fraction of sp³-hybridized carbons (Fsp3) is 0.333. The van der Waals surface area contributed by atoms with Crippen molar-refractivity contribution in [1.29, 1.82) is 0 Å². The van der Waals surface area contributed by atoms with Gasteiger partial charge in [-0.2, -0.15) is 0 Å². The van der Waals surface area contributed by atoms with Gasteiger partial charge in [-0.15, -0.1) is 0 Å². The molecule has 21 heavy (non-hydrogen) atoms. The Morgan fingerprint density at radius 3 is 2.57 bits per heavy atom. The summed E-state index contributed by atoms with van der Waals surface area (Å²) >= 11 is 0. The highest BCUT2D eigenvalue weighted by Gasteiger charge is 2.21. The fourth-order valence-electron chi connectivity index (χ4n) is 1.98. The zero-order chi connectivity index (χ0) is 15.3. The van der Waals surface area contributed by atoms with Crippen LogP contribution in [0.5, 0.6) is 0 Å². The second-order valence-corrected chi connectivity index (χ2v) is 6.43. The van der Waals surface area contributed by atoms with E-state index in [9.17, 15) is 8.42 Å². The van der Waals surface area contributed by atoms with Gasteiger partial charge in [0.25, 0.3) is 10.0 Å². The van der Waals surface area contributed by atoms with Crippen LogP contribution in [0, 0.1) is 6.92 Å². The molecule has 6 heteroatoms. The van der Waals surface area contributed by atoms with Crippen molar-refractivity contribution in [3.05, 3.63) is 47.9 Å². The third-order valence-corrected chi connectivity index (χ3v) is 4.45. The summed E-state index contributed by atoms with van der Waals surface area (Å²) in [5.41, 5.74) is 0.531. The van der Waals surface area contributed by atoms with E-state index in [0.29, 0.717) is 23.8 Å². The lowest BCUT2D eigenvalue weighted by molar-refractivity contribution is 0.457. The summed E-state index contributed by atoms with van der Waals surface area (Å²) in [6.45, 7) is 5.11. The number of furan rings is 1. The first-order valence-corrected chi connectivity index (χ1v) is 8.39. The van der Waals surface area contributed by atoms with Crippen molar-refractivity contribution >= 4 is 15.7 Å². The minimum atomic E-state index is -3.63. The van der Waals surface area contributed by atoms with Crippen molar-refractivity contribution in [3.63, 3.8) is 0 Å². The second kappa shape index (κ2) is 6.78. The molecule has 0 aliphatic heterocycles. The highest BCUT2D eigenvalue weighted by atomic mass is 32.2. The van der Waals surface area contributed by atoms with Gasteiger partial charge in [-0.25, -0.2) is 8.42 Å². The smallest absolute Gasteiger partial charge is 0.265 e. The second-order valence-electron chi connectivity index (χ2n) is 4.78. The molecule has 2 N–H and O–H groups in total. The van der Waals surface area contributed by atoms with Crippen LogP contribution >= 0.6 is 0 Å². The molecular formula is C15H20N2O3S. The monoisotopic (exact) mass is 308 g/mol. The van der Waals surface area contributed by atoms with E-state index in [4.69, 9.17) is 4.42 Å². The van der Waals surface area contributed by atoms with Crippen molar-refractivity contribution in [1.82, 2.24) is 5.32 Å². The first kappa shape index (κ1) is 15.6. The Labute approximate surface area is 125 Å². The van der Waals surface area contributed by atoms with Gasteiger partial charge in [0.1, 0.15) is 16.4 Å². The van der Waals surface area contributed by atoms with Gasteiger partial charge in [0.05, 0.1) is 6.54 Å². The number of sulfonamides is 1. The van der Waals surface area contributed by atoms with E-state index in [1.165, 1.54) is 0 Å². The van der Waals surface area contributed by atoms with Gasteiger partial charge in [-0.05, 0) is 32.0 Å². The van der Waals surface area contributed by atoms with E-state index in [0.717, 1.165) is 13.0 Å². The number of nitrogens with one attached hydrogen (secondary N) is 2. The summed E-state index contributed by atoms with van der Waals surface area (Å²) in [5, 5.41) is 3.18. The molecule has 0 saturated carbocycles. The molecule has 0 aliphatic rings. The Balaban J connectivity index is 2.16. The molecule has 114 valence electrons. The van der Waals surface area contributed by atoms with Crippen LogP contribution in [-0.4, -0.2) is 15.0 Å². The van der Waals surface area contributed by atoms with Crippen molar-refractivity contribution in [2.24, 2.45) is 0 Å². The van der Waals surface area contributed by atoms with E-state index in [1.807, 2.05) is 6.07 Å². The van der Waals surface area contributed by atoms with Gasteiger partial charge in [-0.3, -0.25) is 4.72 Å². The zero-order valence-corrected chi connectivity index (χ0v) is 13.0. The van der Waals surface area contributed by atoms with E-state index in [-0.39, 0.29) is 4.90 Å². The van der Waals surface area contributed by atoms with Crippen molar-refractivity contribution < 1.29 is 12.8 Å². The van der Waals surface area contributed by atoms with Crippen LogP contribution in [0.4, 0.5) is 5.69 Å². The quantitative estimate of drug-likeness (QED) is 0.772. The molecule has 0 atom stereocenters. The summed E-state index contributed by atoms with van der Waals surface area (Å²) in [5.74, 6) is 1.01. The molecule has 0 aliphatic carbocycles. The summed E-state index contributed by atoms with van der Waals surface area (Å²) < 4.78 is 32.8. The molecule has 0 spiro atoms. The molecule has 0 amide bonds. The third kappa shape index (κ3) is 4.09. The van der Waals surface area contributed by atoms with Crippen LogP contribution in [0.1, 0.15) is 24.9 Å². The third-order valence-electron chi connectivity index (χ3n) is 2.96. The lowest BCUT2D eigenvalue weighted by atomic mass is 10.3. The molecule has 0 saturated heterocycles. The largest absolute Gasteiger partial charge is 0.464 e. The normalized spacial score (nSPS) is 11.5. The number of benzene rings is 1. The minimum Gasteiger partial charge on any atom is -0.464 e. The molecule has 0 fully saturated rings. The maximum absolute atomic E-state index is 12.4. The zero-order valence-electron chi connectivity index (χ0n) is 12.2. The van der Waals surface area contributed by atoms with E-state index in [2.05, 4.69) is 17.0 Å².